The van der Waals surface area contributed by atoms with Crippen LogP contribution >= 0.6 is 23.1 Å². The third kappa shape index (κ3) is 1.99. The number of hydrogen-bond acceptors (Lipinski definition) is 4. The van der Waals surface area contributed by atoms with Gasteiger partial charge in [0.25, 0.3) is 5.91 Å². The Morgan fingerprint density at radius 1 is 1.58 bits per heavy atom. The Bertz CT molecular complexity index is 604. The molecular formula is C13H15N3OS2. The van der Waals surface area contributed by atoms with E-state index >= 15 is 0 Å². The first-order valence-corrected chi connectivity index (χ1v) is 8.29. The maximum Gasteiger partial charge on any atom is 0.253 e. The summed E-state index contributed by atoms with van der Waals surface area (Å²) in [6, 6.07) is 1.97. The van der Waals surface area contributed by atoms with E-state index < -0.39 is 0 Å². The molecule has 0 aromatic carbocycles. The van der Waals surface area contributed by atoms with Crippen molar-refractivity contribution in [3.63, 3.8) is 0 Å². The van der Waals surface area contributed by atoms with Gasteiger partial charge in [-0.2, -0.15) is 5.10 Å². The highest BCUT2D eigenvalue weighted by Gasteiger charge is 2.32. The molecular weight excluding hydrogens is 278 g/mol. The number of rotatable bonds is 3. The first kappa shape index (κ1) is 12.7. The van der Waals surface area contributed by atoms with Gasteiger partial charge in [-0.05, 0) is 24.3 Å². The lowest BCUT2D eigenvalue weighted by Gasteiger charge is -2.23. The fourth-order valence-electron chi connectivity index (χ4n) is 2.51. The summed E-state index contributed by atoms with van der Waals surface area (Å²) in [7, 11) is 0. The number of thioether (sulfide) groups is 1. The van der Waals surface area contributed by atoms with Crippen LogP contribution in [0.3, 0.4) is 0 Å². The van der Waals surface area contributed by atoms with E-state index in [-0.39, 0.29) is 5.91 Å². The second kappa shape index (κ2) is 5.02. The summed E-state index contributed by atoms with van der Waals surface area (Å²) < 4.78 is 1.09. The third-order valence-electron chi connectivity index (χ3n) is 3.48. The van der Waals surface area contributed by atoms with Crippen molar-refractivity contribution in [2.45, 2.75) is 23.5 Å². The van der Waals surface area contributed by atoms with Gasteiger partial charge in [0.05, 0.1) is 20.3 Å². The number of H-pyrrole nitrogens is 1. The Morgan fingerprint density at radius 2 is 2.42 bits per heavy atom. The van der Waals surface area contributed by atoms with Gasteiger partial charge in [-0.15, -0.1) is 23.1 Å². The van der Waals surface area contributed by atoms with E-state index in [0.29, 0.717) is 5.92 Å². The Balaban J connectivity index is 2.24. The van der Waals surface area contributed by atoms with Crippen LogP contribution in [0.2, 0.25) is 0 Å². The number of carbonyl (C=O) groups excluding carboxylic acids is 1. The van der Waals surface area contributed by atoms with E-state index in [2.05, 4.69) is 22.4 Å². The second-order valence-electron chi connectivity index (χ2n) is 4.50. The molecule has 1 amide bonds. The maximum absolute atomic E-state index is 12.2. The highest BCUT2D eigenvalue weighted by molar-refractivity contribution is 8.00. The standard InChI is InChI=1S/C13H15N3OS2/c1-3-7-6-14-12(17)10-9(7)11(19-13(10)18-2)8-4-5-15-16-8/h4-5,7H,3,6H2,1-2H3,(H,14,17)(H,15,16)/t7-/m1/s1. The van der Waals surface area contributed by atoms with E-state index in [9.17, 15) is 4.79 Å². The quantitative estimate of drug-likeness (QED) is 0.855. The van der Waals surface area contributed by atoms with Crippen molar-refractivity contribution >= 4 is 29.0 Å². The molecule has 6 heteroatoms. The molecule has 0 saturated heterocycles. The van der Waals surface area contributed by atoms with E-state index in [0.717, 1.165) is 28.4 Å². The molecule has 1 atom stereocenters. The minimum Gasteiger partial charge on any atom is -0.351 e. The first-order chi connectivity index (χ1) is 9.26. The van der Waals surface area contributed by atoms with Crippen molar-refractivity contribution in [3.05, 3.63) is 23.4 Å². The molecule has 1 aliphatic heterocycles. The number of aromatic amines is 1. The topological polar surface area (TPSA) is 57.8 Å². The molecule has 19 heavy (non-hydrogen) atoms. The highest BCUT2D eigenvalue weighted by Crippen LogP contribution is 2.45. The molecule has 100 valence electrons. The van der Waals surface area contributed by atoms with Crippen LogP contribution in [0.25, 0.3) is 10.6 Å². The Morgan fingerprint density at radius 3 is 3.05 bits per heavy atom. The van der Waals surface area contributed by atoms with Crippen molar-refractivity contribution in [3.8, 4) is 10.6 Å². The molecule has 4 nitrogen and oxygen atoms in total. The van der Waals surface area contributed by atoms with Gasteiger partial charge < -0.3 is 5.32 Å². The molecule has 2 aromatic rings. The van der Waals surface area contributed by atoms with Gasteiger partial charge in [-0.1, -0.05) is 6.92 Å². The Hall–Kier alpha value is -1.27. The number of thiophene rings is 1. The van der Waals surface area contributed by atoms with E-state index in [1.807, 2.05) is 12.3 Å². The van der Waals surface area contributed by atoms with Crippen molar-refractivity contribution < 1.29 is 4.79 Å². The van der Waals surface area contributed by atoms with Gasteiger partial charge in [0.2, 0.25) is 0 Å². The summed E-state index contributed by atoms with van der Waals surface area (Å²) in [5, 5.41) is 10.0. The molecule has 1 aliphatic rings. The van der Waals surface area contributed by atoms with Crippen molar-refractivity contribution in [2.75, 3.05) is 12.8 Å². The number of carbonyl (C=O) groups is 1. The molecule has 0 unspecified atom stereocenters. The maximum atomic E-state index is 12.2. The average Bonchev–Trinajstić information content (AvgIpc) is 3.06. The summed E-state index contributed by atoms with van der Waals surface area (Å²) in [4.78, 5) is 13.3. The SMILES string of the molecule is CC[C@@H]1CNC(=O)c2c(SC)sc(-c3ccn[nH]3)c21. The van der Waals surface area contributed by atoms with Crippen LogP contribution in [-0.4, -0.2) is 28.9 Å². The molecule has 0 spiro atoms. The van der Waals surface area contributed by atoms with Crippen LogP contribution in [0.5, 0.6) is 0 Å². The van der Waals surface area contributed by atoms with Crippen LogP contribution in [0, 0.1) is 0 Å². The smallest absolute Gasteiger partial charge is 0.253 e. The number of aromatic nitrogens is 2. The van der Waals surface area contributed by atoms with Crippen LogP contribution < -0.4 is 5.32 Å². The van der Waals surface area contributed by atoms with Crippen LogP contribution in [0.1, 0.15) is 35.2 Å². The van der Waals surface area contributed by atoms with Crippen molar-refractivity contribution in [2.24, 2.45) is 0 Å². The lowest BCUT2D eigenvalue weighted by molar-refractivity contribution is 0.0937. The van der Waals surface area contributed by atoms with E-state index in [1.54, 1.807) is 29.3 Å². The first-order valence-electron chi connectivity index (χ1n) is 6.24. The lowest BCUT2D eigenvalue weighted by atomic mass is 9.89. The predicted molar refractivity (Wildman–Crippen MR) is 79.0 cm³/mol. The van der Waals surface area contributed by atoms with Crippen molar-refractivity contribution in [1.82, 2.24) is 15.5 Å². The van der Waals surface area contributed by atoms with Crippen molar-refractivity contribution in [1.29, 1.82) is 0 Å². The fraction of sp³-hybridized carbons (Fsp3) is 0.385. The normalized spacial score (nSPS) is 18.2. The zero-order valence-electron chi connectivity index (χ0n) is 10.8. The summed E-state index contributed by atoms with van der Waals surface area (Å²) in [6.07, 6.45) is 4.80. The number of hydrogen-bond donors (Lipinski definition) is 2. The van der Waals surface area contributed by atoms with Crippen LogP contribution in [-0.2, 0) is 0 Å². The molecule has 0 aliphatic carbocycles. The molecule has 3 rings (SSSR count). The fourth-order valence-corrected chi connectivity index (χ4v) is 4.59. The van der Waals surface area contributed by atoms with Gasteiger partial charge in [0, 0.05) is 18.7 Å². The van der Waals surface area contributed by atoms with Gasteiger partial charge >= 0.3 is 0 Å². The van der Waals surface area contributed by atoms with Gasteiger partial charge in [-0.3, -0.25) is 9.89 Å². The highest BCUT2D eigenvalue weighted by atomic mass is 32.2. The molecule has 2 N–H and O–H groups in total. The number of nitrogens with zero attached hydrogens (tertiary/aromatic N) is 1. The zero-order chi connectivity index (χ0) is 13.4. The molecule has 2 aromatic heterocycles. The Kier molecular flexibility index (Phi) is 3.36. The molecule has 0 saturated carbocycles. The van der Waals surface area contributed by atoms with Gasteiger partial charge in [0.1, 0.15) is 0 Å². The number of fused-ring (bicyclic) bond motifs is 1. The van der Waals surface area contributed by atoms with Crippen LogP contribution in [0.4, 0.5) is 0 Å². The van der Waals surface area contributed by atoms with Gasteiger partial charge in [-0.25, -0.2) is 0 Å². The Labute approximate surface area is 120 Å². The molecule has 0 bridgehead atoms. The molecule has 0 fully saturated rings. The minimum atomic E-state index is 0.0612. The zero-order valence-corrected chi connectivity index (χ0v) is 12.5. The summed E-state index contributed by atoms with van der Waals surface area (Å²) in [5.41, 5.74) is 3.08. The summed E-state index contributed by atoms with van der Waals surface area (Å²) >= 11 is 3.33. The lowest BCUT2D eigenvalue weighted by Crippen LogP contribution is -2.34. The molecule has 0 radical (unpaired) electrons. The largest absolute Gasteiger partial charge is 0.351 e. The third-order valence-corrected chi connectivity index (χ3v) is 5.84. The van der Waals surface area contributed by atoms with E-state index in [1.165, 1.54) is 10.4 Å². The average molecular weight is 293 g/mol. The number of amides is 1. The number of nitrogens with one attached hydrogen (secondary N) is 2. The monoisotopic (exact) mass is 293 g/mol. The van der Waals surface area contributed by atoms with E-state index in [4.69, 9.17) is 0 Å². The summed E-state index contributed by atoms with van der Waals surface area (Å²) in [6.45, 7) is 2.90. The van der Waals surface area contributed by atoms with Gasteiger partial charge in [0.15, 0.2) is 0 Å². The van der Waals surface area contributed by atoms with Crippen LogP contribution in [0.15, 0.2) is 16.5 Å². The minimum absolute atomic E-state index is 0.0612. The summed E-state index contributed by atoms with van der Waals surface area (Å²) in [5.74, 6) is 0.453. The molecule has 3 heterocycles. The second-order valence-corrected chi connectivity index (χ2v) is 6.59. The predicted octanol–water partition coefficient (Wildman–Crippen LogP) is 3.10.